The van der Waals surface area contributed by atoms with E-state index in [2.05, 4.69) is 35.1 Å². The second kappa shape index (κ2) is 5.34. The Balaban J connectivity index is 2.81. The number of amides is 1. The van der Waals surface area contributed by atoms with Crippen LogP contribution < -0.4 is 11.1 Å². The van der Waals surface area contributed by atoms with E-state index in [-0.39, 0.29) is 11.9 Å². The van der Waals surface area contributed by atoms with Gasteiger partial charge in [-0.1, -0.05) is 29.8 Å². The highest BCUT2D eigenvalue weighted by atomic mass is 79.9. The van der Waals surface area contributed by atoms with E-state index < -0.39 is 0 Å². The van der Waals surface area contributed by atoms with E-state index in [9.17, 15) is 4.79 Å². The SMILES string of the molecule is CC(C)C(C)NC(=O)c1ccc(Br)cc1N. The lowest BCUT2D eigenvalue weighted by Gasteiger charge is -2.18. The fraction of sp³-hybridized carbons (Fsp3) is 0.417. The van der Waals surface area contributed by atoms with Crippen molar-refractivity contribution in [3.63, 3.8) is 0 Å². The number of halogens is 1. The molecule has 0 heterocycles. The zero-order valence-electron chi connectivity index (χ0n) is 9.75. The number of benzene rings is 1. The zero-order chi connectivity index (χ0) is 12.3. The average Bonchev–Trinajstić information content (AvgIpc) is 2.16. The Morgan fingerprint density at radius 3 is 2.50 bits per heavy atom. The standard InChI is InChI=1S/C12H17BrN2O/c1-7(2)8(3)15-12(16)10-5-4-9(13)6-11(10)14/h4-8H,14H2,1-3H3,(H,15,16). The Morgan fingerprint density at radius 2 is 2.00 bits per heavy atom. The van der Waals surface area contributed by atoms with Crippen LogP contribution in [0.15, 0.2) is 22.7 Å². The number of rotatable bonds is 3. The van der Waals surface area contributed by atoms with E-state index >= 15 is 0 Å². The van der Waals surface area contributed by atoms with E-state index in [0.29, 0.717) is 17.2 Å². The van der Waals surface area contributed by atoms with Gasteiger partial charge in [0.2, 0.25) is 0 Å². The number of nitrogens with one attached hydrogen (secondary N) is 1. The van der Waals surface area contributed by atoms with Gasteiger partial charge in [0.15, 0.2) is 0 Å². The monoisotopic (exact) mass is 284 g/mol. The molecule has 0 spiro atoms. The van der Waals surface area contributed by atoms with Crippen molar-refractivity contribution in [1.82, 2.24) is 5.32 Å². The van der Waals surface area contributed by atoms with E-state index in [0.717, 1.165) is 4.47 Å². The molecule has 1 atom stereocenters. The molecule has 0 saturated heterocycles. The molecule has 0 saturated carbocycles. The Morgan fingerprint density at radius 1 is 1.38 bits per heavy atom. The summed E-state index contributed by atoms with van der Waals surface area (Å²) >= 11 is 3.31. The van der Waals surface area contributed by atoms with Crippen molar-refractivity contribution >= 4 is 27.5 Å². The van der Waals surface area contributed by atoms with Crippen LogP contribution in [0.3, 0.4) is 0 Å². The number of nitrogens with two attached hydrogens (primary N) is 1. The van der Waals surface area contributed by atoms with Crippen molar-refractivity contribution in [2.45, 2.75) is 26.8 Å². The van der Waals surface area contributed by atoms with Crippen molar-refractivity contribution in [3.05, 3.63) is 28.2 Å². The highest BCUT2D eigenvalue weighted by molar-refractivity contribution is 9.10. The van der Waals surface area contributed by atoms with Gasteiger partial charge in [-0.05, 0) is 31.0 Å². The lowest BCUT2D eigenvalue weighted by Crippen LogP contribution is -2.36. The predicted octanol–water partition coefficient (Wildman–Crippen LogP) is 2.81. The maximum absolute atomic E-state index is 11.9. The highest BCUT2D eigenvalue weighted by Crippen LogP contribution is 2.18. The number of carbonyl (C=O) groups is 1. The fourth-order valence-corrected chi connectivity index (χ4v) is 1.57. The molecule has 0 fully saturated rings. The molecule has 16 heavy (non-hydrogen) atoms. The quantitative estimate of drug-likeness (QED) is 0.839. The molecule has 88 valence electrons. The van der Waals surface area contributed by atoms with Crippen molar-refractivity contribution in [1.29, 1.82) is 0 Å². The molecular weight excluding hydrogens is 268 g/mol. The third kappa shape index (κ3) is 3.23. The normalized spacial score (nSPS) is 12.6. The van der Waals surface area contributed by atoms with Crippen LogP contribution in [-0.4, -0.2) is 11.9 Å². The average molecular weight is 285 g/mol. The highest BCUT2D eigenvalue weighted by Gasteiger charge is 2.14. The van der Waals surface area contributed by atoms with Crippen molar-refractivity contribution in [2.24, 2.45) is 5.92 Å². The molecule has 1 amide bonds. The minimum atomic E-state index is -0.119. The smallest absolute Gasteiger partial charge is 0.253 e. The third-order valence-electron chi connectivity index (χ3n) is 2.62. The molecule has 0 bridgehead atoms. The first-order valence-electron chi connectivity index (χ1n) is 5.27. The minimum Gasteiger partial charge on any atom is -0.398 e. The van der Waals surface area contributed by atoms with E-state index in [1.165, 1.54) is 0 Å². The molecule has 0 aliphatic carbocycles. The lowest BCUT2D eigenvalue weighted by atomic mass is 10.1. The van der Waals surface area contributed by atoms with Gasteiger partial charge in [0.1, 0.15) is 0 Å². The van der Waals surface area contributed by atoms with Gasteiger partial charge < -0.3 is 11.1 Å². The molecule has 1 unspecified atom stereocenters. The zero-order valence-corrected chi connectivity index (χ0v) is 11.3. The summed E-state index contributed by atoms with van der Waals surface area (Å²) in [6, 6.07) is 5.40. The van der Waals surface area contributed by atoms with Gasteiger partial charge in [-0.25, -0.2) is 0 Å². The largest absolute Gasteiger partial charge is 0.398 e. The molecule has 1 aromatic carbocycles. The van der Waals surface area contributed by atoms with Crippen LogP contribution in [-0.2, 0) is 0 Å². The van der Waals surface area contributed by atoms with Gasteiger partial charge in [0.05, 0.1) is 5.56 Å². The first-order chi connectivity index (χ1) is 7.41. The predicted molar refractivity (Wildman–Crippen MR) is 70.3 cm³/mol. The summed E-state index contributed by atoms with van der Waals surface area (Å²) < 4.78 is 0.874. The first-order valence-corrected chi connectivity index (χ1v) is 6.07. The number of anilines is 1. The summed E-state index contributed by atoms with van der Waals surface area (Å²) in [6.07, 6.45) is 0. The molecular formula is C12H17BrN2O. The van der Waals surface area contributed by atoms with Crippen molar-refractivity contribution in [3.8, 4) is 0 Å². The molecule has 0 radical (unpaired) electrons. The maximum atomic E-state index is 11.9. The minimum absolute atomic E-state index is 0.119. The summed E-state index contributed by atoms with van der Waals surface area (Å²) in [5.41, 5.74) is 6.80. The molecule has 3 N–H and O–H groups in total. The van der Waals surface area contributed by atoms with Crippen LogP contribution in [0.5, 0.6) is 0 Å². The van der Waals surface area contributed by atoms with E-state index in [1.54, 1.807) is 12.1 Å². The van der Waals surface area contributed by atoms with Gasteiger partial charge in [0.25, 0.3) is 5.91 Å². The second-order valence-corrected chi connectivity index (χ2v) is 5.15. The van der Waals surface area contributed by atoms with Gasteiger partial charge in [-0.2, -0.15) is 0 Å². The van der Waals surface area contributed by atoms with Gasteiger partial charge >= 0.3 is 0 Å². The second-order valence-electron chi connectivity index (χ2n) is 4.24. The molecule has 0 aliphatic heterocycles. The topological polar surface area (TPSA) is 55.1 Å². The first kappa shape index (κ1) is 13.0. The Hall–Kier alpha value is -1.03. The Bertz CT molecular complexity index is 391. The van der Waals surface area contributed by atoms with Crippen LogP contribution in [0.2, 0.25) is 0 Å². The Kier molecular flexibility index (Phi) is 4.35. The number of nitrogen functional groups attached to an aromatic ring is 1. The van der Waals surface area contributed by atoms with Crippen molar-refractivity contribution in [2.75, 3.05) is 5.73 Å². The maximum Gasteiger partial charge on any atom is 0.253 e. The summed E-state index contributed by atoms with van der Waals surface area (Å²) in [7, 11) is 0. The number of hydrogen-bond donors (Lipinski definition) is 2. The molecule has 1 aromatic rings. The van der Waals surface area contributed by atoms with E-state index in [1.807, 2.05) is 13.0 Å². The molecule has 1 rings (SSSR count). The third-order valence-corrected chi connectivity index (χ3v) is 3.11. The van der Waals surface area contributed by atoms with Crippen LogP contribution >= 0.6 is 15.9 Å². The van der Waals surface area contributed by atoms with E-state index in [4.69, 9.17) is 5.73 Å². The van der Waals surface area contributed by atoms with Gasteiger partial charge in [-0.3, -0.25) is 4.79 Å². The van der Waals surface area contributed by atoms with Gasteiger partial charge in [-0.15, -0.1) is 0 Å². The number of carbonyl (C=O) groups excluding carboxylic acids is 1. The van der Waals surface area contributed by atoms with Crippen LogP contribution in [0, 0.1) is 5.92 Å². The Labute approximate surface area is 105 Å². The van der Waals surface area contributed by atoms with Crippen molar-refractivity contribution < 1.29 is 4.79 Å². The summed E-state index contributed by atoms with van der Waals surface area (Å²) in [6.45, 7) is 6.11. The number of hydrogen-bond acceptors (Lipinski definition) is 2. The van der Waals surface area contributed by atoms with Crippen LogP contribution in [0.1, 0.15) is 31.1 Å². The molecule has 4 heteroatoms. The molecule has 3 nitrogen and oxygen atoms in total. The summed E-state index contributed by atoms with van der Waals surface area (Å²) in [5.74, 6) is 0.284. The molecule has 0 aromatic heterocycles. The van der Waals surface area contributed by atoms with Gasteiger partial charge in [0, 0.05) is 16.2 Å². The fourth-order valence-electron chi connectivity index (χ4n) is 1.19. The van der Waals surface area contributed by atoms with Crippen LogP contribution in [0.25, 0.3) is 0 Å². The van der Waals surface area contributed by atoms with Crippen LogP contribution in [0.4, 0.5) is 5.69 Å². The summed E-state index contributed by atoms with van der Waals surface area (Å²) in [4.78, 5) is 11.9. The molecule has 0 aliphatic rings. The summed E-state index contributed by atoms with van der Waals surface area (Å²) in [5, 5.41) is 2.92. The lowest BCUT2D eigenvalue weighted by molar-refractivity contribution is 0.0931.